The van der Waals surface area contributed by atoms with E-state index >= 15 is 0 Å². The smallest absolute Gasteiger partial charge is 0.428 e. The number of amides is 1. The van der Waals surface area contributed by atoms with Crippen LogP contribution in [-0.2, 0) is 4.74 Å². The fourth-order valence-electron chi connectivity index (χ4n) is 3.11. The van der Waals surface area contributed by atoms with Crippen LogP contribution in [0.4, 0.5) is 10.6 Å². The summed E-state index contributed by atoms with van der Waals surface area (Å²) in [7, 11) is 0. The fraction of sp³-hybridized carbons (Fsp3) is 0.450. The van der Waals surface area contributed by atoms with Crippen molar-refractivity contribution in [2.45, 2.75) is 46.1 Å². The Morgan fingerprint density at radius 1 is 1.22 bits per heavy atom. The Balaban J connectivity index is 1.89. The third-order valence-electron chi connectivity index (χ3n) is 4.24. The molecule has 1 amide bonds. The van der Waals surface area contributed by atoms with E-state index in [0.29, 0.717) is 0 Å². The van der Waals surface area contributed by atoms with E-state index in [0.717, 1.165) is 48.7 Å². The number of rotatable bonds is 4. The molecule has 0 saturated carbocycles. The third-order valence-corrected chi connectivity index (χ3v) is 4.24. The lowest BCUT2D eigenvalue weighted by molar-refractivity contribution is 0.0529. The minimum atomic E-state index is -0.574. The van der Waals surface area contributed by atoms with E-state index in [1.54, 1.807) is 6.21 Å². The lowest BCUT2D eigenvalue weighted by Gasteiger charge is -2.20. The largest absolute Gasteiger partial charge is 0.443 e. The van der Waals surface area contributed by atoms with Crippen molar-refractivity contribution in [1.29, 1.82) is 0 Å². The molecule has 1 aliphatic heterocycles. The first kappa shape index (κ1) is 18.9. The summed E-state index contributed by atoms with van der Waals surface area (Å²) in [6.45, 7) is 9.37. The highest BCUT2D eigenvalue weighted by Crippen LogP contribution is 2.28. The maximum absolute atomic E-state index is 11.8. The molecule has 0 atom stereocenters. The van der Waals surface area contributed by atoms with Crippen LogP contribution in [0, 0.1) is 6.92 Å². The number of anilines is 1. The van der Waals surface area contributed by atoms with Gasteiger partial charge in [-0.05, 0) is 52.7 Å². The van der Waals surface area contributed by atoms with Crippen LogP contribution in [0.1, 0.15) is 44.9 Å². The standard InChI is InChI=1S/C20H27N5O2/c1-15-17(14-21-22-19(26)27-20(2,3)4)18(24-12-8-9-13-24)25(23-15)16-10-6-5-7-11-16/h5-7,10-11,14H,8-9,12-13H2,1-4H3,(H,22,26)/b21-14-. The predicted molar refractivity (Wildman–Crippen MR) is 107 cm³/mol. The van der Waals surface area contributed by atoms with E-state index in [9.17, 15) is 4.79 Å². The number of hydrazone groups is 1. The van der Waals surface area contributed by atoms with Crippen molar-refractivity contribution in [1.82, 2.24) is 15.2 Å². The number of hydrogen-bond donors (Lipinski definition) is 1. The van der Waals surface area contributed by atoms with Crippen LogP contribution in [0.5, 0.6) is 0 Å². The Bertz CT molecular complexity index is 815. The number of nitrogens with zero attached hydrogens (tertiary/aromatic N) is 4. The van der Waals surface area contributed by atoms with Crippen LogP contribution in [0.2, 0.25) is 0 Å². The van der Waals surface area contributed by atoms with Crippen molar-refractivity contribution in [3.63, 3.8) is 0 Å². The van der Waals surface area contributed by atoms with Gasteiger partial charge in [-0.1, -0.05) is 18.2 Å². The molecule has 1 aliphatic rings. The maximum atomic E-state index is 11.8. The van der Waals surface area contributed by atoms with Gasteiger partial charge in [0.25, 0.3) is 0 Å². The van der Waals surface area contributed by atoms with Gasteiger partial charge in [-0.25, -0.2) is 14.9 Å². The van der Waals surface area contributed by atoms with E-state index in [4.69, 9.17) is 9.84 Å². The van der Waals surface area contributed by atoms with Gasteiger partial charge in [0, 0.05) is 13.1 Å². The Labute approximate surface area is 160 Å². The number of carbonyl (C=O) groups excluding carboxylic acids is 1. The second-order valence-electron chi connectivity index (χ2n) is 7.64. The first-order chi connectivity index (χ1) is 12.8. The van der Waals surface area contributed by atoms with Crippen LogP contribution in [0.15, 0.2) is 35.4 Å². The van der Waals surface area contributed by atoms with Crippen molar-refractivity contribution in [3.05, 3.63) is 41.6 Å². The van der Waals surface area contributed by atoms with Gasteiger partial charge in [0.2, 0.25) is 0 Å². The van der Waals surface area contributed by atoms with Gasteiger partial charge in [0.1, 0.15) is 11.4 Å². The Kier molecular flexibility index (Phi) is 5.48. The summed E-state index contributed by atoms with van der Waals surface area (Å²) in [6.07, 6.45) is 3.39. The van der Waals surface area contributed by atoms with Crippen LogP contribution in [0.3, 0.4) is 0 Å². The molecule has 1 aromatic heterocycles. The molecule has 7 heteroatoms. The van der Waals surface area contributed by atoms with Crippen LogP contribution < -0.4 is 10.3 Å². The van der Waals surface area contributed by atoms with Gasteiger partial charge in [-0.2, -0.15) is 10.2 Å². The molecule has 0 bridgehead atoms. The van der Waals surface area contributed by atoms with Crippen LogP contribution >= 0.6 is 0 Å². The van der Waals surface area contributed by atoms with Crippen LogP contribution in [-0.4, -0.2) is 40.8 Å². The lowest BCUT2D eigenvalue weighted by atomic mass is 10.2. The summed E-state index contributed by atoms with van der Waals surface area (Å²) >= 11 is 0. The highest BCUT2D eigenvalue weighted by Gasteiger charge is 2.23. The number of para-hydroxylation sites is 1. The molecule has 2 heterocycles. The lowest BCUT2D eigenvalue weighted by Crippen LogP contribution is -2.29. The molecule has 144 valence electrons. The van der Waals surface area contributed by atoms with E-state index in [-0.39, 0.29) is 0 Å². The van der Waals surface area contributed by atoms with Gasteiger partial charge >= 0.3 is 6.09 Å². The quantitative estimate of drug-likeness (QED) is 0.660. The Hall–Kier alpha value is -2.83. The normalized spacial score (nSPS) is 14.7. The number of aromatic nitrogens is 2. The summed E-state index contributed by atoms with van der Waals surface area (Å²) in [6, 6.07) is 10.1. The topological polar surface area (TPSA) is 71.8 Å². The average molecular weight is 369 g/mol. The first-order valence-corrected chi connectivity index (χ1v) is 9.27. The van der Waals surface area contributed by atoms with Crippen molar-refractivity contribution >= 4 is 18.1 Å². The third kappa shape index (κ3) is 4.67. The molecule has 3 rings (SSSR count). The minimum absolute atomic E-state index is 0.561. The molecule has 0 unspecified atom stereocenters. The molecule has 1 aromatic carbocycles. The summed E-state index contributed by atoms with van der Waals surface area (Å²) in [5.74, 6) is 1.01. The monoisotopic (exact) mass is 369 g/mol. The van der Waals surface area contributed by atoms with Gasteiger partial charge in [0.15, 0.2) is 0 Å². The second-order valence-corrected chi connectivity index (χ2v) is 7.64. The molecule has 1 fully saturated rings. The number of benzene rings is 1. The van der Waals surface area contributed by atoms with E-state index in [1.165, 1.54) is 0 Å². The molecular formula is C20H27N5O2. The highest BCUT2D eigenvalue weighted by molar-refractivity contribution is 5.89. The zero-order valence-corrected chi connectivity index (χ0v) is 16.4. The van der Waals surface area contributed by atoms with Crippen molar-refractivity contribution in [3.8, 4) is 5.69 Å². The zero-order chi connectivity index (χ0) is 19.4. The van der Waals surface area contributed by atoms with Crippen molar-refractivity contribution in [2.75, 3.05) is 18.0 Å². The number of aryl methyl sites for hydroxylation is 1. The number of ether oxygens (including phenoxy) is 1. The zero-order valence-electron chi connectivity index (χ0n) is 16.4. The molecule has 7 nitrogen and oxygen atoms in total. The number of hydrogen-bond acceptors (Lipinski definition) is 5. The number of carbonyl (C=O) groups is 1. The summed E-state index contributed by atoms with van der Waals surface area (Å²) in [4.78, 5) is 14.1. The molecule has 0 radical (unpaired) electrons. The van der Waals surface area contributed by atoms with E-state index in [2.05, 4.69) is 15.4 Å². The molecule has 1 saturated heterocycles. The van der Waals surface area contributed by atoms with E-state index in [1.807, 2.05) is 62.7 Å². The molecule has 2 aromatic rings. The molecule has 1 N–H and O–H groups in total. The summed E-state index contributed by atoms with van der Waals surface area (Å²) in [5, 5.41) is 8.82. The van der Waals surface area contributed by atoms with Gasteiger partial charge in [-0.15, -0.1) is 0 Å². The fourth-order valence-corrected chi connectivity index (χ4v) is 3.11. The van der Waals surface area contributed by atoms with Crippen LogP contribution in [0.25, 0.3) is 5.69 Å². The van der Waals surface area contributed by atoms with Gasteiger partial charge in [-0.3, -0.25) is 0 Å². The van der Waals surface area contributed by atoms with E-state index < -0.39 is 11.7 Å². The molecule has 27 heavy (non-hydrogen) atoms. The van der Waals surface area contributed by atoms with Crippen molar-refractivity contribution < 1.29 is 9.53 Å². The van der Waals surface area contributed by atoms with Gasteiger partial charge < -0.3 is 9.64 Å². The molecular weight excluding hydrogens is 342 g/mol. The Morgan fingerprint density at radius 3 is 2.52 bits per heavy atom. The van der Waals surface area contributed by atoms with Gasteiger partial charge in [0.05, 0.1) is 23.2 Å². The Morgan fingerprint density at radius 2 is 1.89 bits per heavy atom. The molecule has 0 spiro atoms. The van der Waals surface area contributed by atoms with Crippen molar-refractivity contribution in [2.24, 2.45) is 5.10 Å². The average Bonchev–Trinajstić information content (AvgIpc) is 3.22. The summed E-state index contributed by atoms with van der Waals surface area (Å²) in [5.41, 5.74) is 4.63. The number of nitrogens with one attached hydrogen (secondary N) is 1. The second kappa shape index (κ2) is 7.82. The predicted octanol–water partition coefficient (Wildman–Crippen LogP) is 3.64. The first-order valence-electron chi connectivity index (χ1n) is 9.27. The SMILES string of the molecule is Cc1nn(-c2ccccc2)c(N2CCCC2)c1/C=N\NC(=O)OC(C)(C)C. The maximum Gasteiger partial charge on any atom is 0.428 e. The highest BCUT2D eigenvalue weighted by atomic mass is 16.6. The minimum Gasteiger partial charge on any atom is -0.443 e. The molecule has 0 aliphatic carbocycles. The summed E-state index contributed by atoms with van der Waals surface area (Å²) < 4.78 is 7.17.